The predicted molar refractivity (Wildman–Crippen MR) is 61.8 cm³/mol. The molecule has 3 N–H and O–H groups in total. The number of aromatic hydroxyl groups is 1. The Labute approximate surface area is 103 Å². The largest absolute Gasteiger partial charge is 0.508 e. The first kappa shape index (κ1) is 14.0. The van der Waals surface area contributed by atoms with E-state index in [-0.39, 0.29) is 17.9 Å². The smallest absolute Gasteiger partial charge is 0.308 e. The number of carbonyl (C=O) groups is 2. The van der Waals surface area contributed by atoms with Crippen LogP contribution in [0.2, 0.25) is 0 Å². The molecule has 0 radical (unpaired) electrons. The van der Waals surface area contributed by atoms with Crippen molar-refractivity contribution in [1.82, 2.24) is 5.32 Å². The van der Waals surface area contributed by atoms with E-state index in [0.717, 1.165) is 12.1 Å². The monoisotopic (exact) mass is 255 g/mol. The third-order valence-corrected chi connectivity index (χ3v) is 2.55. The SMILES string of the molecule is CCC(CNC(=O)c1ccc(O)cc1F)C(=O)O. The molecule has 1 aromatic rings. The highest BCUT2D eigenvalue weighted by atomic mass is 19.1. The molecule has 0 bridgehead atoms. The molecule has 0 aliphatic heterocycles. The van der Waals surface area contributed by atoms with Crippen LogP contribution in [0.25, 0.3) is 0 Å². The van der Waals surface area contributed by atoms with Crippen molar-refractivity contribution in [2.24, 2.45) is 5.92 Å². The first-order chi connectivity index (χ1) is 8.45. The zero-order valence-corrected chi connectivity index (χ0v) is 9.81. The number of carboxylic acids is 1. The van der Waals surface area contributed by atoms with E-state index in [1.807, 2.05) is 0 Å². The number of hydrogen-bond donors (Lipinski definition) is 3. The summed E-state index contributed by atoms with van der Waals surface area (Å²) in [6.07, 6.45) is 0.369. The van der Waals surface area contributed by atoms with Gasteiger partial charge in [0.25, 0.3) is 5.91 Å². The van der Waals surface area contributed by atoms with E-state index in [1.165, 1.54) is 6.07 Å². The van der Waals surface area contributed by atoms with Gasteiger partial charge in [-0.1, -0.05) is 6.92 Å². The molecule has 1 rings (SSSR count). The van der Waals surface area contributed by atoms with E-state index in [9.17, 15) is 14.0 Å². The second-order valence-electron chi connectivity index (χ2n) is 3.82. The molecule has 0 aliphatic rings. The summed E-state index contributed by atoms with van der Waals surface area (Å²) in [5, 5.41) is 20.1. The van der Waals surface area contributed by atoms with Crippen LogP contribution < -0.4 is 5.32 Å². The van der Waals surface area contributed by atoms with E-state index >= 15 is 0 Å². The number of hydrogen-bond acceptors (Lipinski definition) is 3. The maximum atomic E-state index is 13.3. The summed E-state index contributed by atoms with van der Waals surface area (Å²) in [6, 6.07) is 3.15. The fourth-order valence-corrected chi connectivity index (χ4v) is 1.41. The third kappa shape index (κ3) is 3.44. The van der Waals surface area contributed by atoms with Crippen LogP contribution in [0.3, 0.4) is 0 Å². The van der Waals surface area contributed by atoms with Crippen molar-refractivity contribution in [2.45, 2.75) is 13.3 Å². The molecular formula is C12H14FNO4. The van der Waals surface area contributed by atoms with Crippen molar-refractivity contribution < 1.29 is 24.2 Å². The van der Waals surface area contributed by atoms with Crippen LogP contribution in [0.4, 0.5) is 4.39 Å². The van der Waals surface area contributed by atoms with Crippen molar-refractivity contribution in [3.63, 3.8) is 0 Å². The molecule has 0 fully saturated rings. The molecule has 6 heteroatoms. The van der Waals surface area contributed by atoms with Crippen molar-refractivity contribution >= 4 is 11.9 Å². The first-order valence-electron chi connectivity index (χ1n) is 5.45. The van der Waals surface area contributed by atoms with Crippen LogP contribution in [0.5, 0.6) is 5.75 Å². The van der Waals surface area contributed by atoms with Gasteiger partial charge in [-0.15, -0.1) is 0 Å². The number of carboxylic acid groups (broad SMARTS) is 1. The maximum Gasteiger partial charge on any atom is 0.308 e. The number of benzene rings is 1. The number of phenols is 1. The van der Waals surface area contributed by atoms with Gasteiger partial charge in [0.1, 0.15) is 11.6 Å². The molecule has 0 saturated carbocycles. The number of phenolic OH excluding ortho intramolecular Hbond substituents is 1. The molecule has 0 heterocycles. The van der Waals surface area contributed by atoms with Crippen LogP contribution in [0.1, 0.15) is 23.7 Å². The highest BCUT2D eigenvalue weighted by Gasteiger charge is 2.18. The highest BCUT2D eigenvalue weighted by Crippen LogP contribution is 2.15. The number of carbonyl (C=O) groups excluding carboxylic acids is 1. The second kappa shape index (κ2) is 6.00. The molecule has 1 atom stereocenters. The fraction of sp³-hybridized carbons (Fsp3) is 0.333. The Morgan fingerprint density at radius 3 is 2.61 bits per heavy atom. The Morgan fingerprint density at radius 1 is 1.44 bits per heavy atom. The van der Waals surface area contributed by atoms with Gasteiger partial charge in [0.05, 0.1) is 11.5 Å². The maximum absolute atomic E-state index is 13.3. The highest BCUT2D eigenvalue weighted by molar-refractivity contribution is 5.94. The van der Waals surface area contributed by atoms with Crippen LogP contribution in [0, 0.1) is 11.7 Å². The standard InChI is InChI=1S/C12H14FNO4/c1-2-7(12(17)18)6-14-11(16)9-4-3-8(15)5-10(9)13/h3-5,7,15H,2,6H2,1H3,(H,14,16)(H,17,18). The lowest BCUT2D eigenvalue weighted by Gasteiger charge is -2.11. The zero-order chi connectivity index (χ0) is 13.7. The van der Waals surface area contributed by atoms with Gasteiger partial charge in [0, 0.05) is 12.6 Å². The molecule has 5 nitrogen and oxygen atoms in total. The van der Waals surface area contributed by atoms with Gasteiger partial charge in [-0.05, 0) is 18.6 Å². The topological polar surface area (TPSA) is 86.6 Å². The van der Waals surface area contributed by atoms with Crippen molar-refractivity contribution in [1.29, 1.82) is 0 Å². The minimum absolute atomic E-state index is 0.0645. The quantitative estimate of drug-likeness (QED) is 0.741. The van der Waals surface area contributed by atoms with Crippen LogP contribution in [-0.4, -0.2) is 28.6 Å². The normalized spacial score (nSPS) is 11.9. The van der Waals surface area contributed by atoms with Gasteiger partial charge >= 0.3 is 5.97 Å². The molecule has 0 spiro atoms. The van der Waals surface area contributed by atoms with Crippen molar-refractivity contribution in [2.75, 3.05) is 6.54 Å². The Morgan fingerprint density at radius 2 is 2.11 bits per heavy atom. The minimum Gasteiger partial charge on any atom is -0.508 e. The summed E-state index contributed by atoms with van der Waals surface area (Å²) in [5.74, 6) is -3.54. The lowest BCUT2D eigenvalue weighted by molar-refractivity contribution is -0.141. The molecule has 1 aromatic carbocycles. The Hall–Kier alpha value is -2.11. The number of halogens is 1. The summed E-state index contributed by atoms with van der Waals surface area (Å²) in [5.41, 5.74) is -0.229. The number of rotatable bonds is 5. The molecule has 0 saturated heterocycles. The average molecular weight is 255 g/mol. The minimum atomic E-state index is -1.01. The van der Waals surface area contributed by atoms with Gasteiger partial charge in [0.15, 0.2) is 0 Å². The molecular weight excluding hydrogens is 241 g/mol. The summed E-state index contributed by atoms with van der Waals surface area (Å²) >= 11 is 0. The number of amides is 1. The predicted octanol–water partition coefficient (Wildman–Crippen LogP) is 1.37. The first-order valence-corrected chi connectivity index (χ1v) is 5.45. The number of nitrogens with one attached hydrogen (secondary N) is 1. The molecule has 0 aliphatic carbocycles. The fourth-order valence-electron chi connectivity index (χ4n) is 1.41. The summed E-state index contributed by atoms with van der Waals surface area (Å²) < 4.78 is 13.3. The molecule has 1 unspecified atom stereocenters. The second-order valence-corrected chi connectivity index (χ2v) is 3.82. The Bertz CT molecular complexity index is 461. The van der Waals surface area contributed by atoms with Crippen LogP contribution >= 0.6 is 0 Å². The van der Waals surface area contributed by atoms with Gasteiger partial charge in [-0.3, -0.25) is 9.59 Å². The Balaban J connectivity index is 2.68. The van der Waals surface area contributed by atoms with Gasteiger partial charge in [-0.25, -0.2) is 4.39 Å². The van der Waals surface area contributed by atoms with E-state index in [4.69, 9.17) is 10.2 Å². The van der Waals surface area contributed by atoms with E-state index in [0.29, 0.717) is 6.42 Å². The number of aliphatic carboxylic acids is 1. The van der Waals surface area contributed by atoms with Gasteiger partial charge in [0.2, 0.25) is 0 Å². The van der Waals surface area contributed by atoms with Crippen molar-refractivity contribution in [3.05, 3.63) is 29.6 Å². The van der Waals surface area contributed by atoms with Gasteiger partial charge in [-0.2, -0.15) is 0 Å². The molecule has 0 aromatic heterocycles. The molecule has 18 heavy (non-hydrogen) atoms. The third-order valence-electron chi connectivity index (χ3n) is 2.55. The van der Waals surface area contributed by atoms with Crippen molar-refractivity contribution in [3.8, 4) is 5.75 Å². The molecule has 98 valence electrons. The summed E-state index contributed by atoms with van der Waals surface area (Å²) in [4.78, 5) is 22.3. The lowest BCUT2D eigenvalue weighted by Crippen LogP contribution is -2.33. The summed E-state index contributed by atoms with van der Waals surface area (Å²) in [7, 11) is 0. The van der Waals surface area contributed by atoms with Crippen LogP contribution in [-0.2, 0) is 4.79 Å². The van der Waals surface area contributed by atoms with Gasteiger partial charge < -0.3 is 15.5 Å². The van der Waals surface area contributed by atoms with E-state index in [2.05, 4.69) is 5.32 Å². The van der Waals surface area contributed by atoms with E-state index in [1.54, 1.807) is 6.92 Å². The zero-order valence-electron chi connectivity index (χ0n) is 9.81. The lowest BCUT2D eigenvalue weighted by atomic mass is 10.1. The van der Waals surface area contributed by atoms with E-state index < -0.39 is 23.6 Å². The van der Waals surface area contributed by atoms with Crippen LogP contribution in [0.15, 0.2) is 18.2 Å². The average Bonchev–Trinajstić information content (AvgIpc) is 2.28. The Kier molecular flexibility index (Phi) is 4.65. The summed E-state index contributed by atoms with van der Waals surface area (Å²) in [6.45, 7) is 1.62. The molecule has 1 amide bonds.